The maximum atomic E-state index is 12.3. The van der Waals surface area contributed by atoms with Gasteiger partial charge in [0.2, 0.25) is 5.95 Å². The van der Waals surface area contributed by atoms with Crippen LogP contribution in [-0.2, 0) is 30.2 Å². The number of nitrogens with one attached hydrogen (secondary N) is 2. The summed E-state index contributed by atoms with van der Waals surface area (Å²) in [5, 5.41) is 11.0. The normalized spacial score (nSPS) is 22.4. The van der Waals surface area contributed by atoms with E-state index in [1.165, 1.54) is 33.1 Å². The molecule has 3 aromatic heterocycles. The molecule has 240 valence electrons. The SMILES string of the molecule is CCc1cc(C2OC(n3cnc4c(NC(CC)CC)nc(NCCN5CCCCC5)nc43)C(OC(C)=O)C2OC(C)=O)on1. The Hall–Kier alpha value is -3.78. The lowest BCUT2D eigenvalue weighted by atomic mass is 10.1. The van der Waals surface area contributed by atoms with Gasteiger partial charge in [-0.05, 0) is 45.2 Å². The first-order chi connectivity index (χ1) is 21.3. The highest BCUT2D eigenvalue weighted by atomic mass is 16.6. The van der Waals surface area contributed by atoms with Gasteiger partial charge in [-0.15, -0.1) is 0 Å². The molecule has 14 heteroatoms. The van der Waals surface area contributed by atoms with Crippen molar-refractivity contribution in [3.05, 3.63) is 23.8 Å². The van der Waals surface area contributed by atoms with E-state index in [1.54, 1.807) is 17.0 Å². The topological polar surface area (TPSA) is 159 Å². The van der Waals surface area contributed by atoms with Gasteiger partial charge in [-0.2, -0.15) is 9.97 Å². The fraction of sp³-hybridized carbons (Fsp3) is 0.667. The molecule has 5 rings (SSSR count). The van der Waals surface area contributed by atoms with Crippen LogP contribution in [0.5, 0.6) is 0 Å². The Balaban J connectivity index is 1.52. The molecule has 0 amide bonds. The van der Waals surface area contributed by atoms with Crippen molar-refractivity contribution in [3.8, 4) is 0 Å². The highest BCUT2D eigenvalue weighted by molar-refractivity contribution is 5.84. The molecule has 5 heterocycles. The number of likely N-dealkylation sites (tertiary alicyclic amines) is 1. The number of imidazole rings is 1. The maximum absolute atomic E-state index is 12.3. The first-order valence-electron chi connectivity index (χ1n) is 15.7. The number of hydrogen-bond donors (Lipinski definition) is 2. The summed E-state index contributed by atoms with van der Waals surface area (Å²) in [6, 6.07) is 1.94. The number of esters is 2. The predicted octanol–water partition coefficient (Wildman–Crippen LogP) is 4.01. The average molecular weight is 613 g/mol. The van der Waals surface area contributed by atoms with Gasteiger partial charge in [0.05, 0.1) is 12.0 Å². The number of aromatic nitrogens is 5. The van der Waals surface area contributed by atoms with E-state index in [2.05, 4.69) is 39.5 Å². The molecule has 0 radical (unpaired) electrons. The molecule has 0 aromatic carbocycles. The van der Waals surface area contributed by atoms with Gasteiger partial charge in [0, 0.05) is 39.0 Å². The first kappa shape index (κ1) is 31.6. The summed E-state index contributed by atoms with van der Waals surface area (Å²) in [5.41, 5.74) is 1.74. The quantitative estimate of drug-likeness (QED) is 0.267. The van der Waals surface area contributed by atoms with E-state index in [1.807, 2.05) is 6.92 Å². The third-order valence-corrected chi connectivity index (χ3v) is 8.20. The summed E-state index contributed by atoms with van der Waals surface area (Å²) in [5.74, 6) is 0.307. The second-order valence-electron chi connectivity index (χ2n) is 11.4. The second-order valence-corrected chi connectivity index (χ2v) is 11.4. The summed E-state index contributed by atoms with van der Waals surface area (Å²) in [4.78, 5) is 41.3. The number of anilines is 2. The molecule has 2 aliphatic heterocycles. The molecule has 4 unspecified atom stereocenters. The van der Waals surface area contributed by atoms with Crippen LogP contribution >= 0.6 is 0 Å². The van der Waals surface area contributed by atoms with Gasteiger partial charge in [-0.25, -0.2) is 4.98 Å². The summed E-state index contributed by atoms with van der Waals surface area (Å²) >= 11 is 0. The van der Waals surface area contributed by atoms with Crippen LogP contribution in [-0.4, -0.2) is 85.9 Å². The Labute approximate surface area is 257 Å². The lowest BCUT2D eigenvalue weighted by Gasteiger charge is -2.26. The molecule has 2 fully saturated rings. The van der Waals surface area contributed by atoms with Gasteiger partial charge in [0.15, 0.2) is 47.3 Å². The summed E-state index contributed by atoms with van der Waals surface area (Å²) in [7, 11) is 0. The molecule has 0 bridgehead atoms. The number of nitrogens with zero attached hydrogens (tertiary/aromatic N) is 6. The summed E-state index contributed by atoms with van der Waals surface area (Å²) < 4.78 is 25.2. The van der Waals surface area contributed by atoms with Crippen LogP contribution in [0.4, 0.5) is 11.8 Å². The van der Waals surface area contributed by atoms with Crippen LogP contribution < -0.4 is 10.6 Å². The first-order valence-corrected chi connectivity index (χ1v) is 15.7. The minimum Gasteiger partial charge on any atom is -0.455 e. The Kier molecular flexibility index (Phi) is 10.3. The molecule has 2 aliphatic rings. The lowest BCUT2D eigenvalue weighted by molar-refractivity contribution is -0.165. The Morgan fingerprint density at radius 2 is 1.77 bits per heavy atom. The predicted molar refractivity (Wildman–Crippen MR) is 162 cm³/mol. The van der Waals surface area contributed by atoms with Gasteiger partial charge < -0.3 is 34.3 Å². The number of fused-ring (bicyclic) bond motifs is 1. The summed E-state index contributed by atoms with van der Waals surface area (Å²) in [6.45, 7) is 12.6. The third kappa shape index (κ3) is 7.12. The minimum absolute atomic E-state index is 0.188. The van der Waals surface area contributed by atoms with E-state index in [4.69, 9.17) is 28.7 Å². The molecule has 4 atom stereocenters. The Morgan fingerprint density at radius 3 is 2.43 bits per heavy atom. The third-order valence-electron chi connectivity index (χ3n) is 8.20. The van der Waals surface area contributed by atoms with Gasteiger partial charge in [-0.3, -0.25) is 14.2 Å². The van der Waals surface area contributed by atoms with Crippen molar-refractivity contribution in [2.75, 3.05) is 36.8 Å². The zero-order valence-corrected chi connectivity index (χ0v) is 26.2. The van der Waals surface area contributed by atoms with E-state index in [0.717, 1.165) is 38.2 Å². The number of hydrogen-bond acceptors (Lipinski definition) is 13. The zero-order chi connectivity index (χ0) is 31.2. The fourth-order valence-corrected chi connectivity index (χ4v) is 5.84. The van der Waals surface area contributed by atoms with Crippen LogP contribution in [0.15, 0.2) is 16.9 Å². The molecular weight excluding hydrogens is 568 g/mol. The highest BCUT2D eigenvalue weighted by Gasteiger charge is 2.52. The van der Waals surface area contributed by atoms with Crippen molar-refractivity contribution in [2.45, 2.75) is 104 Å². The van der Waals surface area contributed by atoms with Crippen molar-refractivity contribution in [3.63, 3.8) is 0 Å². The molecule has 3 aromatic rings. The highest BCUT2D eigenvalue weighted by Crippen LogP contribution is 2.43. The van der Waals surface area contributed by atoms with Crippen molar-refractivity contribution in [2.24, 2.45) is 0 Å². The molecule has 0 saturated carbocycles. The van der Waals surface area contributed by atoms with E-state index >= 15 is 0 Å². The monoisotopic (exact) mass is 612 g/mol. The van der Waals surface area contributed by atoms with Crippen molar-refractivity contribution < 1.29 is 28.3 Å². The van der Waals surface area contributed by atoms with Crippen molar-refractivity contribution in [1.82, 2.24) is 29.6 Å². The molecule has 0 aliphatic carbocycles. The van der Waals surface area contributed by atoms with Gasteiger partial charge in [0.25, 0.3) is 0 Å². The van der Waals surface area contributed by atoms with Crippen molar-refractivity contribution >= 4 is 34.9 Å². The van der Waals surface area contributed by atoms with E-state index < -0.39 is 36.5 Å². The summed E-state index contributed by atoms with van der Waals surface area (Å²) in [6.07, 6.45) is 3.93. The van der Waals surface area contributed by atoms with Gasteiger partial charge >= 0.3 is 11.9 Å². The maximum Gasteiger partial charge on any atom is 0.303 e. The Bertz CT molecular complexity index is 1420. The smallest absolute Gasteiger partial charge is 0.303 e. The number of piperidine rings is 1. The Morgan fingerprint density at radius 1 is 1.05 bits per heavy atom. The van der Waals surface area contributed by atoms with Crippen LogP contribution in [0.3, 0.4) is 0 Å². The molecular formula is C30H44N8O6. The van der Waals surface area contributed by atoms with E-state index in [-0.39, 0.29) is 6.04 Å². The van der Waals surface area contributed by atoms with E-state index in [0.29, 0.717) is 41.7 Å². The zero-order valence-electron chi connectivity index (χ0n) is 26.2. The van der Waals surface area contributed by atoms with Crippen LogP contribution in [0.25, 0.3) is 11.2 Å². The minimum atomic E-state index is -1.02. The molecule has 2 saturated heterocycles. The molecule has 2 N–H and O–H groups in total. The van der Waals surface area contributed by atoms with Crippen LogP contribution in [0.1, 0.15) is 90.5 Å². The number of aryl methyl sites for hydroxylation is 1. The largest absolute Gasteiger partial charge is 0.455 e. The average Bonchev–Trinajstić information content (AvgIpc) is 3.74. The van der Waals surface area contributed by atoms with Crippen molar-refractivity contribution in [1.29, 1.82) is 0 Å². The molecule has 14 nitrogen and oxygen atoms in total. The van der Waals surface area contributed by atoms with Gasteiger partial charge in [-0.1, -0.05) is 32.3 Å². The standard InChI is InChI=1S/C30H44N8O6/c1-6-20(7-2)33-27-23-28(35-30(34-27)31-12-15-37-13-10-9-11-14-37)38(17-32-23)29-26(42-19(5)40)25(41-18(4)39)24(43-29)22-16-21(8-3)36-44-22/h16-17,20,24-26,29H,6-15H2,1-5H3,(H2,31,33,34,35). The number of carbonyl (C=O) groups is 2. The lowest BCUT2D eigenvalue weighted by Crippen LogP contribution is -2.36. The van der Waals surface area contributed by atoms with Gasteiger partial charge in [0.1, 0.15) is 0 Å². The number of ether oxygens (including phenoxy) is 3. The second kappa shape index (κ2) is 14.3. The van der Waals surface area contributed by atoms with Crippen LogP contribution in [0.2, 0.25) is 0 Å². The van der Waals surface area contributed by atoms with Crippen LogP contribution in [0, 0.1) is 0 Å². The molecule has 0 spiro atoms. The fourth-order valence-electron chi connectivity index (χ4n) is 5.84. The molecule has 44 heavy (non-hydrogen) atoms. The number of carbonyl (C=O) groups excluding carboxylic acids is 2. The van der Waals surface area contributed by atoms with E-state index in [9.17, 15) is 9.59 Å². The number of rotatable bonds is 13.